The van der Waals surface area contributed by atoms with Crippen molar-refractivity contribution in [3.05, 3.63) is 0 Å². The molecule has 1 N–H and O–H groups in total. The molecule has 1 atom stereocenters. The van der Waals surface area contributed by atoms with Gasteiger partial charge in [-0.15, -0.1) is 0 Å². The molecule has 0 saturated carbocycles. The van der Waals surface area contributed by atoms with E-state index in [1.165, 1.54) is 308 Å². The Morgan fingerprint density at radius 3 is 0.591 bits per heavy atom. The first-order valence-electron chi connectivity index (χ1n) is 31.3. The van der Waals surface area contributed by atoms with E-state index in [1.54, 1.807) is 0 Å². The van der Waals surface area contributed by atoms with Gasteiger partial charge < -0.3 is 4.89 Å². The largest absolute Gasteiger partial charge is 0.405 e. The fourth-order valence-corrected chi connectivity index (χ4v) is 11.5. The van der Waals surface area contributed by atoms with E-state index in [9.17, 15) is 9.46 Å². The third-order valence-corrected chi connectivity index (χ3v) is 16.5. The summed E-state index contributed by atoms with van der Waals surface area (Å²) in [6, 6.07) is 0. The smallest absolute Gasteiger partial charge is 0.312 e. The lowest BCUT2D eigenvalue weighted by molar-refractivity contribution is 0.194. The van der Waals surface area contributed by atoms with Gasteiger partial charge in [-0.3, -0.25) is 4.52 Å². The minimum Gasteiger partial charge on any atom is -0.312 e. The SMILES string of the molecule is CCCCCCCCCCCCCCCCCCCCCCCCCCCCN(CCCCCCCCCCCCCCCCCCCCCCCCCCCC)P(=O)(O)OCCCCC. The van der Waals surface area contributed by atoms with Gasteiger partial charge in [-0.25, -0.2) is 9.24 Å². The predicted octanol–water partition coefficient (Wildman–Crippen LogP) is 22.9. The topological polar surface area (TPSA) is 49.8 Å². The summed E-state index contributed by atoms with van der Waals surface area (Å²) in [5.41, 5.74) is 0. The fraction of sp³-hybridized carbons (Fsp3) is 1.00. The van der Waals surface area contributed by atoms with Crippen LogP contribution < -0.4 is 0 Å². The van der Waals surface area contributed by atoms with Gasteiger partial charge in [0.1, 0.15) is 0 Å². The van der Waals surface area contributed by atoms with Crippen molar-refractivity contribution in [2.24, 2.45) is 0 Å². The molecule has 0 spiro atoms. The number of nitrogens with zero attached hydrogens (tertiary/aromatic N) is 1. The molecular weight excluding hydrogens is 826 g/mol. The Balaban J connectivity index is 3.72. The first kappa shape index (κ1) is 66.1. The molecule has 0 saturated heterocycles. The van der Waals surface area contributed by atoms with E-state index in [0.717, 1.165) is 44.9 Å². The maximum absolute atomic E-state index is 13.3. The molecule has 66 heavy (non-hydrogen) atoms. The van der Waals surface area contributed by atoms with Gasteiger partial charge in [0.25, 0.3) is 0 Å². The van der Waals surface area contributed by atoms with Crippen LogP contribution in [0.1, 0.15) is 374 Å². The molecule has 0 aromatic rings. The maximum atomic E-state index is 13.3. The molecule has 0 aromatic heterocycles. The standard InChI is InChI=1S/C61H126NO3P/c1-4-7-10-12-14-16-18-20-22-24-26-28-30-32-34-36-38-40-42-44-46-48-50-52-54-56-59-62(66(63,64)65-61-58-9-6-3)60-57-55-53-51-49-47-45-43-41-39-37-35-33-31-29-27-25-23-21-19-17-15-13-11-8-5-2/h4-61H2,1-3H3,(H,63,64). The van der Waals surface area contributed by atoms with Crippen LogP contribution in [0.5, 0.6) is 0 Å². The van der Waals surface area contributed by atoms with Crippen molar-refractivity contribution in [1.82, 2.24) is 4.67 Å². The molecule has 0 aliphatic carbocycles. The van der Waals surface area contributed by atoms with E-state index < -0.39 is 7.75 Å². The second kappa shape index (κ2) is 57.7. The molecule has 1 unspecified atom stereocenters. The Hall–Kier alpha value is 0.110. The van der Waals surface area contributed by atoms with E-state index in [-0.39, 0.29) is 0 Å². The monoisotopic (exact) mass is 952 g/mol. The Morgan fingerprint density at radius 2 is 0.409 bits per heavy atom. The second-order valence-electron chi connectivity index (χ2n) is 21.7. The van der Waals surface area contributed by atoms with Gasteiger partial charge >= 0.3 is 7.75 Å². The van der Waals surface area contributed by atoms with Crippen LogP contribution in [0.25, 0.3) is 0 Å². The van der Waals surface area contributed by atoms with Gasteiger partial charge in [0, 0.05) is 13.1 Å². The Morgan fingerprint density at radius 1 is 0.258 bits per heavy atom. The van der Waals surface area contributed by atoms with Gasteiger partial charge in [-0.1, -0.05) is 355 Å². The van der Waals surface area contributed by atoms with Crippen LogP contribution in [-0.4, -0.2) is 29.3 Å². The lowest BCUT2D eigenvalue weighted by Crippen LogP contribution is -2.24. The van der Waals surface area contributed by atoms with Gasteiger partial charge in [-0.2, -0.15) is 0 Å². The minimum atomic E-state index is -3.71. The van der Waals surface area contributed by atoms with Crippen LogP contribution >= 0.6 is 7.75 Å². The molecule has 0 aromatic carbocycles. The van der Waals surface area contributed by atoms with Gasteiger partial charge in [0.05, 0.1) is 6.61 Å². The van der Waals surface area contributed by atoms with E-state index in [4.69, 9.17) is 4.52 Å². The van der Waals surface area contributed by atoms with Crippen molar-refractivity contribution in [2.75, 3.05) is 19.7 Å². The van der Waals surface area contributed by atoms with Crippen molar-refractivity contribution < 1.29 is 14.0 Å². The zero-order valence-electron chi connectivity index (χ0n) is 46.2. The number of rotatable bonds is 60. The molecule has 0 aliphatic rings. The zero-order valence-corrected chi connectivity index (χ0v) is 47.1. The fourth-order valence-electron chi connectivity index (χ4n) is 10.2. The summed E-state index contributed by atoms with van der Waals surface area (Å²) in [4.78, 5) is 10.9. The molecule has 0 rings (SSSR count). The molecule has 0 amide bonds. The average molecular weight is 953 g/mol. The van der Waals surface area contributed by atoms with E-state index in [1.807, 2.05) is 4.67 Å². The van der Waals surface area contributed by atoms with Gasteiger partial charge in [-0.05, 0) is 19.3 Å². The summed E-state index contributed by atoms with van der Waals surface area (Å²) in [5, 5.41) is 0. The van der Waals surface area contributed by atoms with Crippen LogP contribution in [-0.2, 0) is 9.09 Å². The molecule has 4 nitrogen and oxygen atoms in total. The van der Waals surface area contributed by atoms with Gasteiger partial charge in [0.2, 0.25) is 0 Å². The summed E-state index contributed by atoms with van der Waals surface area (Å²) in [5.74, 6) is 0. The maximum Gasteiger partial charge on any atom is 0.405 e. The Labute approximate surface area is 418 Å². The number of unbranched alkanes of at least 4 members (excludes halogenated alkanes) is 52. The Bertz CT molecular complexity index is 859. The highest BCUT2D eigenvalue weighted by Crippen LogP contribution is 2.47. The summed E-state index contributed by atoms with van der Waals surface area (Å²) < 4.78 is 20.7. The average Bonchev–Trinajstić information content (AvgIpc) is 3.31. The molecule has 0 fully saturated rings. The minimum absolute atomic E-state index is 0.400. The van der Waals surface area contributed by atoms with Crippen LogP contribution in [0.3, 0.4) is 0 Å². The van der Waals surface area contributed by atoms with Crippen molar-refractivity contribution in [3.8, 4) is 0 Å². The van der Waals surface area contributed by atoms with Crippen LogP contribution in [0.2, 0.25) is 0 Å². The number of hydrogen-bond donors (Lipinski definition) is 1. The second-order valence-corrected chi connectivity index (χ2v) is 23.5. The van der Waals surface area contributed by atoms with Crippen LogP contribution in [0, 0.1) is 0 Å². The summed E-state index contributed by atoms with van der Waals surface area (Å²) in [6.07, 6.45) is 75.8. The quantitative estimate of drug-likeness (QED) is 0.0487. The van der Waals surface area contributed by atoms with Crippen molar-refractivity contribution in [1.29, 1.82) is 0 Å². The molecule has 0 bridgehead atoms. The lowest BCUT2D eigenvalue weighted by Gasteiger charge is -2.26. The molecule has 0 aliphatic heterocycles. The highest BCUT2D eigenvalue weighted by Gasteiger charge is 2.28. The van der Waals surface area contributed by atoms with Crippen LogP contribution in [0.4, 0.5) is 0 Å². The molecule has 0 heterocycles. The zero-order chi connectivity index (χ0) is 47.8. The summed E-state index contributed by atoms with van der Waals surface area (Å²) >= 11 is 0. The summed E-state index contributed by atoms with van der Waals surface area (Å²) in [7, 11) is -3.71. The number of hydrogen-bond acceptors (Lipinski definition) is 2. The highest BCUT2D eigenvalue weighted by molar-refractivity contribution is 7.50. The first-order chi connectivity index (χ1) is 32.6. The molecule has 5 heteroatoms. The van der Waals surface area contributed by atoms with Crippen LogP contribution in [0.15, 0.2) is 0 Å². The van der Waals surface area contributed by atoms with Crippen molar-refractivity contribution in [3.63, 3.8) is 0 Å². The molecule has 0 radical (unpaired) electrons. The first-order valence-corrected chi connectivity index (χ1v) is 32.8. The van der Waals surface area contributed by atoms with Gasteiger partial charge in [0.15, 0.2) is 0 Å². The Kier molecular flexibility index (Phi) is 57.8. The highest BCUT2D eigenvalue weighted by atomic mass is 31.2. The molecular formula is C61H126NO3P. The van der Waals surface area contributed by atoms with Crippen molar-refractivity contribution in [2.45, 2.75) is 374 Å². The third kappa shape index (κ3) is 53.5. The lowest BCUT2D eigenvalue weighted by atomic mass is 10.0. The van der Waals surface area contributed by atoms with Crippen molar-refractivity contribution >= 4 is 7.75 Å². The molecule has 398 valence electrons. The van der Waals surface area contributed by atoms with E-state index in [2.05, 4.69) is 20.8 Å². The normalized spacial score (nSPS) is 12.8. The van der Waals surface area contributed by atoms with E-state index in [0.29, 0.717) is 19.7 Å². The summed E-state index contributed by atoms with van der Waals surface area (Å²) in [6.45, 7) is 8.56. The van der Waals surface area contributed by atoms with E-state index >= 15 is 0 Å². The third-order valence-electron chi connectivity index (χ3n) is 14.9. The predicted molar refractivity (Wildman–Crippen MR) is 298 cm³/mol.